The number of nitrogens with one attached hydrogen (secondary N) is 2. The van der Waals surface area contributed by atoms with Crippen molar-refractivity contribution in [2.75, 3.05) is 43.4 Å². The molecule has 0 saturated carbocycles. The highest BCUT2D eigenvalue weighted by atomic mass is 32.2. The lowest BCUT2D eigenvalue weighted by atomic mass is 10.1. The molecule has 2 aromatic heterocycles. The molecule has 7 nitrogen and oxygen atoms in total. The average molecular weight is 462 g/mol. The highest BCUT2D eigenvalue weighted by Crippen LogP contribution is 2.29. The Kier molecular flexibility index (Phi) is 6.23. The molecule has 5 rings (SSSR count). The van der Waals surface area contributed by atoms with Crippen LogP contribution in [0.5, 0.6) is 0 Å². The van der Waals surface area contributed by atoms with Gasteiger partial charge in [-0.05, 0) is 43.1 Å². The van der Waals surface area contributed by atoms with Crippen LogP contribution >= 0.6 is 11.8 Å². The average Bonchev–Trinajstić information content (AvgIpc) is 3.28. The molecule has 2 N–H and O–H groups in total. The smallest absolute Gasteiger partial charge is 0.196 e. The molecule has 168 valence electrons. The van der Waals surface area contributed by atoms with Gasteiger partial charge in [0.15, 0.2) is 11.0 Å². The summed E-state index contributed by atoms with van der Waals surface area (Å²) in [4.78, 5) is 15.2. The predicted molar refractivity (Wildman–Crippen MR) is 130 cm³/mol. The number of halogens is 1. The van der Waals surface area contributed by atoms with E-state index in [1.807, 2.05) is 48.5 Å². The summed E-state index contributed by atoms with van der Waals surface area (Å²) in [6, 6.07) is 20.3. The summed E-state index contributed by atoms with van der Waals surface area (Å²) in [5, 5.41) is 11.3. The zero-order valence-corrected chi connectivity index (χ0v) is 19.0. The number of hydrogen-bond acceptors (Lipinski definition) is 7. The topological polar surface area (TPSA) is 73.0 Å². The van der Waals surface area contributed by atoms with E-state index >= 15 is 0 Å². The monoisotopic (exact) mass is 461 g/mol. The fraction of sp³-hybridized carbons (Fsp3) is 0.208. The fourth-order valence-corrected chi connectivity index (χ4v) is 4.42. The Labute approximate surface area is 196 Å². The van der Waals surface area contributed by atoms with Crippen molar-refractivity contribution in [2.24, 2.45) is 0 Å². The van der Waals surface area contributed by atoms with E-state index in [0.717, 1.165) is 48.1 Å². The second-order valence-electron chi connectivity index (χ2n) is 7.90. The van der Waals surface area contributed by atoms with Crippen molar-refractivity contribution in [1.82, 2.24) is 25.1 Å². The van der Waals surface area contributed by atoms with Gasteiger partial charge < -0.3 is 15.1 Å². The molecule has 0 spiro atoms. The molecule has 33 heavy (non-hydrogen) atoms. The number of nitrogens with zero attached hydrogens (tertiary/aromatic N) is 5. The van der Waals surface area contributed by atoms with Gasteiger partial charge in [-0.25, -0.2) is 14.4 Å². The number of likely N-dealkylation sites (N-methyl/N-ethyl adjacent to an activating group) is 1. The Morgan fingerprint density at radius 1 is 0.909 bits per heavy atom. The molecule has 0 radical (unpaired) electrons. The van der Waals surface area contributed by atoms with Crippen LogP contribution in [0.25, 0.3) is 11.3 Å². The molecule has 0 unspecified atom stereocenters. The van der Waals surface area contributed by atoms with E-state index in [2.05, 4.69) is 32.4 Å². The normalized spacial score (nSPS) is 14.4. The van der Waals surface area contributed by atoms with E-state index in [0.29, 0.717) is 16.8 Å². The van der Waals surface area contributed by atoms with Crippen molar-refractivity contribution in [3.63, 3.8) is 0 Å². The number of rotatable bonds is 6. The molecule has 2 aromatic carbocycles. The lowest BCUT2D eigenvalue weighted by Gasteiger charge is -2.33. The van der Waals surface area contributed by atoms with Crippen LogP contribution in [0, 0.1) is 5.82 Å². The van der Waals surface area contributed by atoms with Crippen molar-refractivity contribution in [1.29, 1.82) is 0 Å². The number of anilines is 3. The van der Waals surface area contributed by atoms with Gasteiger partial charge in [0.25, 0.3) is 0 Å². The van der Waals surface area contributed by atoms with Crippen molar-refractivity contribution in [3.05, 3.63) is 72.5 Å². The van der Waals surface area contributed by atoms with E-state index in [1.165, 1.54) is 23.9 Å². The number of hydrogen-bond donors (Lipinski definition) is 2. The van der Waals surface area contributed by atoms with Gasteiger partial charge in [-0.2, -0.15) is 5.10 Å². The molecule has 1 aliphatic rings. The lowest BCUT2D eigenvalue weighted by molar-refractivity contribution is 0.312. The van der Waals surface area contributed by atoms with E-state index in [1.54, 1.807) is 6.07 Å². The standard InChI is InChI=1S/C24H24FN7S/c1-31-10-12-32(13-11-31)23-16-21(27-24(28-23)33-19-8-3-2-4-9-19)26-22-15-20(29-30-22)17-6-5-7-18(25)14-17/h2-9,14-16H,10-13H2,1H3,(H2,26,27,28,29,30). The van der Waals surface area contributed by atoms with E-state index in [9.17, 15) is 4.39 Å². The molecular weight excluding hydrogens is 437 g/mol. The van der Waals surface area contributed by atoms with E-state index in [4.69, 9.17) is 9.97 Å². The summed E-state index contributed by atoms with van der Waals surface area (Å²) >= 11 is 1.53. The van der Waals surface area contributed by atoms with Crippen LogP contribution < -0.4 is 10.2 Å². The summed E-state index contributed by atoms with van der Waals surface area (Å²) in [5.41, 5.74) is 1.46. The van der Waals surface area contributed by atoms with Crippen LogP contribution in [-0.4, -0.2) is 58.3 Å². The number of benzene rings is 2. The van der Waals surface area contributed by atoms with Crippen LogP contribution in [0.3, 0.4) is 0 Å². The zero-order valence-electron chi connectivity index (χ0n) is 18.2. The van der Waals surface area contributed by atoms with Crippen molar-refractivity contribution in [2.45, 2.75) is 10.1 Å². The molecule has 0 aliphatic carbocycles. The first-order valence-corrected chi connectivity index (χ1v) is 11.6. The summed E-state index contributed by atoms with van der Waals surface area (Å²) in [7, 11) is 2.13. The summed E-state index contributed by atoms with van der Waals surface area (Å²) in [6.45, 7) is 3.80. The Morgan fingerprint density at radius 3 is 2.52 bits per heavy atom. The van der Waals surface area contributed by atoms with Crippen LogP contribution in [0.2, 0.25) is 0 Å². The third-order valence-electron chi connectivity index (χ3n) is 5.44. The van der Waals surface area contributed by atoms with Crippen molar-refractivity contribution >= 4 is 29.2 Å². The van der Waals surface area contributed by atoms with Crippen molar-refractivity contribution < 1.29 is 4.39 Å². The molecule has 4 aromatic rings. The maximum absolute atomic E-state index is 13.6. The minimum Gasteiger partial charge on any atom is -0.354 e. The van der Waals surface area contributed by atoms with Crippen LogP contribution in [0.4, 0.5) is 21.8 Å². The highest BCUT2D eigenvalue weighted by Gasteiger charge is 2.18. The Balaban J connectivity index is 1.42. The minimum absolute atomic E-state index is 0.285. The first kappa shape index (κ1) is 21.4. The summed E-state index contributed by atoms with van der Waals surface area (Å²) in [5.74, 6) is 1.87. The molecule has 1 fully saturated rings. The van der Waals surface area contributed by atoms with Gasteiger partial charge in [0.05, 0.1) is 5.69 Å². The maximum Gasteiger partial charge on any atom is 0.196 e. The lowest BCUT2D eigenvalue weighted by Crippen LogP contribution is -2.44. The molecule has 1 saturated heterocycles. The molecule has 0 amide bonds. The number of aromatic amines is 1. The van der Waals surface area contributed by atoms with E-state index in [-0.39, 0.29) is 5.82 Å². The highest BCUT2D eigenvalue weighted by molar-refractivity contribution is 7.99. The zero-order chi connectivity index (χ0) is 22.6. The van der Waals surface area contributed by atoms with Crippen molar-refractivity contribution in [3.8, 4) is 11.3 Å². The third-order valence-corrected chi connectivity index (χ3v) is 6.31. The molecule has 1 aliphatic heterocycles. The molecule has 0 bridgehead atoms. The van der Waals surface area contributed by atoms with Gasteiger partial charge in [-0.15, -0.1) is 0 Å². The van der Waals surface area contributed by atoms with Crippen LogP contribution in [0.15, 0.2) is 76.8 Å². The first-order chi connectivity index (χ1) is 16.1. The van der Waals surface area contributed by atoms with Gasteiger partial charge in [0.2, 0.25) is 0 Å². The second kappa shape index (κ2) is 9.60. The van der Waals surface area contributed by atoms with Gasteiger partial charge in [0.1, 0.15) is 17.5 Å². The Morgan fingerprint density at radius 2 is 1.73 bits per heavy atom. The van der Waals surface area contributed by atoms with Crippen LogP contribution in [-0.2, 0) is 0 Å². The fourth-order valence-electron chi connectivity index (χ4n) is 3.63. The van der Waals surface area contributed by atoms with Gasteiger partial charge >= 0.3 is 0 Å². The Bertz CT molecular complexity index is 1220. The van der Waals surface area contributed by atoms with Crippen LogP contribution in [0.1, 0.15) is 0 Å². The minimum atomic E-state index is -0.285. The first-order valence-electron chi connectivity index (χ1n) is 10.8. The van der Waals surface area contributed by atoms with Gasteiger partial charge in [-0.1, -0.05) is 30.3 Å². The quantitative estimate of drug-likeness (QED) is 0.405. The third kappa shape index (κ3) is 5.32. The van der Waals surface area contributed by atoms with Gasteiger partial charge in [0, 0.05) is 48.8 Å². The Hall–Kier alpha value is -3.43. The number of piperazine rings is 1. The molecule has 3 heterocycles. The number of aromatic nitrogens is 4. The predicted octanol–water partition coefficient (Wildman–Crippen LogP) is 4.65. The summed E-state index contributed by atoms with van der Waals surface area (Å²) in [6.07, 6.45) is 0. The van der Waals surface area contributed by atoms with Gasteiger partial charge in [-0.3, -0.25) is 5.10 Å². The molecule has 9 heteroatoms. The second-order valence-corrected chi connectivity index (χ2v) is 8.94. The maximum atomic E-state index is 13.6. The summed E-state index contributed by atoms with van der Waals surface area (Å²) < 4.78 is 13.6. The number of H-pyrrole nitrogens is 1. The van der Waals surface area contributed by atoms with E-state index < -0.39 is 0 Å². The SMILES string of the molecule is CN1CCN(c2cc(Nc3cc(-c4cccc(F)c4)[nH]n3)nc(Sc3ccccc3)n2)CC1. The molecule has 0 atom stereocenters. The molecular formula is C24H24FN7S. The largest absolute Gasteiger partial charge is 0.354 e.